The standard InChI is InChI=1S/C17H28N3O3PS/c1-6-7-8-16(3)23-24(19(4)13-14-20(24)5)18-25(21,22)17-11-9-15(2)10-12-17/h7-12,16H,6,13-14H2,1-5H3/b8-7+/t16-/m0/s1. The van der Waals surface area contributed by atoms with Gasteiger partial charge < -0.3 is 4.52 Å². The summed E-state index contributed by atoms with van der Waals surface area (Å²) in [6.07, 6.45) is 4.67. The van der Waals surface area contributed by atoms with E-state index in [-0.39, 0.29) is 11.0 Å². The van der Waals surface area contributed by atoms with Crippen molar-refractivity contribution in [3.05, 3.63) is 42.0 Å². The summed E-state index contributed by atoms with van der Waals surface area (Å²) in [5.41, 5.74) is 1.01. The zero-order valence-corrected chi connectivity index (χ0v) is 17.3. The topological polar surface area (TPSA) is 62.2 Å². The molecule has 1 aliphatic rings. The Balaban J connectivity index is 2.50. The van der Waals surface area contributed by atoms with Gasteiger partial charge in [-0.2, -0.15) is 8.42 Å². The number of aryl methyl sites for hydroxylation is 1. The van der Waals surface area contributed by atoms with Gasteiger partial charge in [0.05, 0.1) is 11.0 Å². The van der Waals surface area contributed by atoms with Crippen molar-refractivity contribution in [2.45, 2.75) is 38.2 Å². The monoisotopic (exact) mass is 385 g/mol. The van der Waals surface area contributed by atoms with Crippen LogP contribution >= 0.6 is 7.58 Å². The summed E-state index contributed by atoms with van der Waals surface area (Å²) in [6, 6.07) is 6.76. The van der Waals surface area contributed by atoms with E-state index in [9.17, 15) is 8.42 Å². The third-order valence-corrected chi connectivity index (χ3v) is 9.49. The van der Waals surface area contributed by atoms with Gasteiger partial charge in [0.2, 0.25) is 7.58 Å². The van der Waals surface area contributed by atoms with Gasteiger partial charge in [-0.1, -0.05) is 36.8 Å². The Kier molecular flexibility index (Phi) is 6.62. The van der Waals surface area contributed by atoms with Gasteiger partial charge in [-0.15, -0.1) is 4.15 Å². The Labute approximate surface area is 151 Å². The first-order valence-electron chi connectivity index (χ1n) is 8.45. The van der Waals surface area contributed by atoms with E-state index in [1.165, 1.54) is 0 Å². The van der Waals surface area contributed by atoms with Crippen LogP contribution in [0.15, 0.2) is 45.5 Å². The third kappa shape index (κ3) is 4.60. The number of hydrogen-bond donors (Lipinski definition) is 0. The molecule has 0 radical (unpaired) electrons. The molecule has 1 atom stereocenters. The molecular formula is C17H28N3O3PS. The van der Waals surface area contributed by atoms with E-state index in [4.69, 9.17) is 4.52 Å². The van der Waals surface area contributed by atoms with Gasteiger partial charge in [0.15, 0.2) is 0 Å². The van der Waals surface area contributed by atoms with Gasteiger partial charge >= 0.3 is 0 Å². The van der Waals surface area contributed by atoms with Crippen LogP contribution in [0.2, 0.25) is 0 Å². The summed E-state index contributed by atoms with van der Waals surface area (Å²) in [7, 11) is -2.83. The molecule has 1 aliphatic heterocycles. The van der Waals surface area contributed by atoms with Crippen LogP contribution in [0.4, 0.5) is 0 Å². The second-order valence-electron chi connectivity index (χ2n) is 6.29. The van der Waals surface area contributed by atoms with E-state index in [2.05, 4.69) is 4.15 Å². The fourth-order valence-corrected chi connectivity index (χ4v) is 7.79. The van der Waals surface area contributed by atoms with Gasteiger partial charge in [0, 0.05) is 13.1 Å². The van der Waals surface area contributed by atoms with Crippen molar-refractivity contribution in [3.8, 4) is 0 Å². The van der Waals surface area contributed by atoms with Crippen LogP contribution in [0.25, 0.3) is 0 Å². The van der Waals surface area contributed by atoms with Gasteiger partial charge in [0.1, 0.15) is 0 Å². The van der Waals surface area contributed by atoms with E-state index >= 15 is 0 Å². The first kappa shape index (κ1) is 20.3. The van der Waals surface area contributed by atoms with Crippen molar-refractivity contribution in [2.75, 3.05) is 27.2 Å². The molecule has 0 aliphatic carbocycles. The maximum Gasteiger partial charge on any atom is 0.285 e. The van der Waals surface area contributed by atoms with Crippen molar-refractivity contribution in [1.82, 2.24) is 9.34 Å². The lowest BCUT2D eigenvalue weighted by Gasteiger charge is -2.32. The SMILES string of the molecule is CC/C=C/[C@H](C)OP1(=NS(=O)(=O)c2ccc(C)cc2)N(C)CCN1C. The number of allylic oxidation sites excluding steroid dienone is 1. The maximum atomic E-state index is 12.9. The second-order valence-corrected chi connectivity index (χ2v) is 11.0. The fraction of sp³-hybridized carbons (Fsp3) is 0.529. The number of sulfonamides is 1. The zero-order chi connectivity index (χ0) is 18.7. The van der Waals surface area contributed by atoms with E-state index in [0.717, 1.165) is 25.1 Å². The number of hydrogen-bond acceptors (Lipinski definition) is 3. The van der Waals surface area contributed by atoms with Crippen LogP contribution in [-0.2, 0) is 14.5 Å². The number of benzene rings is 1. The molecule has 8 heteroatoms. The van der Waals surface area contributed by atoms with Crippen molar-refractivity contribution in [1.29, 1.82) is 0 Å². The minimum atomic E-state index is -3.81. The molecule has 6 nitrogen and oxygen atoms in total. The van der Waals surface area contributed by atoms with Crippen LogP contribution in [0.1, 0.15) is 25.8 Å². The van der Waals surface area contributed by atoms with E-state index in [1.807, 2.05) is 56.4 Å². The molecule has 140 valence electrons. The predicted octanol–water partition coefficient (Wildman–Crippen LogP) is 3.88. The lowest BCUT2D eigenvalue weighted by Crippen LogP contribution is -2.20. The summed E-state index contributed by atoms with van der Waals surface area (Å²) in [6.45, 7) is 7.34. The van der Waals surface area contributed by atoms with Crippen molar-refractivity contribution in [2.24, 2.45) is 4.15 Å². The zero-order valence-electron chi connectivity index (χ0n) is 15.6. The van der Waals surface area contributed by atoms with Gasteiger partial charge in [-0.3, -0.25) is 0 Å². The Morgan fingerprint density at radius 1 is 1.24 bits per heavy atom. The summed E-state index contributed by atoms with van der Waals surface area (Å²) >= 11 is 0. The molecule has 1 fully saturated rings. The predicted molar refractivity (Wildman–Crippen MR) is 103 cm³/mol. The lowest BCUT2D eigenvalue weighted by atomic mass is 10.2. The molecule has 2 rings (SSSR count). The van der Waals surface area contributed by atoms with Gasteiger partial charge in [0.25, 0.3) is 10.0 Å². The summed E-state index contributed by atoms with van der Waals surface area (Å²) in [4.78, 5) is 0.200. The molecule has 0 aromatic heterocycles. The number of likely N-dealkylation sites (N-methyl/N-ethyl adjacent to an activating group) is 2. The minimum Gasteiger partial charge on any atom is -0.313 e. The maximum absolute atomic E-state index is 12.9. The highest BCUT2D eigenvalue weighted by Gasteiger charge is 2.40. The Bertz CT molecular complexity index is 761. The van der Waals surface area contributed by atoms with Crippen molar-refractivity contribution >= 4 is 17.6 Å². The van der Waals surface area contributed by atoms with E-state index in [0.29, 0.717) is 0 Å². The average molecular weight is 385 g/mol. The van der Waals surface area contributed by atoms with Crippen LogP contribution in [0, 0.1) is 6.92 Å². The molecular weight excluding hydrogens is 357 g/mol. The van der Waals surface area contributed by atoms with E-state index < -0.39 is 17.6 Å². The summed E-state index contributed by atoms with van der Waals surface area (Å²) < 4.78 is 40.2. The van der Waals surface area contributed by atoms with Crippen LogP contribution in [-0.4, -0.2) is 51.0 Å². The van der Waals surface area contributed by atoms with Crippen LogP contribution in [0.5, 0.6) is 0 Å². The molecule has 0 spiro atoms. The summed E-state index contributed by atoms with van der Waals surface area (Å²) in [5, 5.41) is 0. The molecule has 1 saturated heterocycles. The van der Waals surface area contributed by atoms with Crippen molar-refractivity contribution in [3.63, 3.8) is 0 Å². The third-order valence-electron chi connectivity index (χ3n) is 4.12. The highest BCUT2D eigenvalue weighted by atomic mass is 32.2. The van der Waals surface area contributed by atoms with Crippen LogP contribution in [0.3, 0.4) is 0 Å². The molecule has 0 N–H and O–H groups in total. The summed E-state index contributed by atoms with van der Waals surface area (Å²) in [5.74, 6) is 0. The Morgan fingerprint density at radius 3 is 2.32 bits per heavy atom. The number of nitrogens with zero attached hydrogens (tertiary/aromatic N) is 3. The van der Waals surface area contributed by atoms with Crippen LogP contribution < -0.4 is 0 Å². The molecule has 0 unspecified atom stereocenters. The molecule has 0 saturated carbocycles. The highest BCUT2D eigenvalue weighted by Crippen LogP contribution is 2.61. The molecule has 0 amide bonds. The quantitative estimate of drug-likeness (QED) is 0.549. The average Bonchev–Trinajstić information content (AvgIpc) is 2.81. The van der Waals surface area contributed by atoms with Crippen molar-refractivity contribution < 1.29 is 12.9 Å². The first-order chi connectivity index (χ1) is 11.7. The Hall–Kier alpha value is -0.980. The second kappa shape index (κ2) is 8.14. The molecule has 1 heterocycles. The molecule has 25 heavy (non-hydrogen) atoms. The van der Waals surface area contributed by atoms with Gasteiger partial charge in [-0.05, 0) is 46.5 Å². The highest BCUT2D eigenvalue weighted by molar-refractivity contribution is 7.93. The number of rotatable bonds is 6. The molecule has 1 aromatic carbocycles. The molecule has 0 bridgehead atoms. The van der Waals surface area contributed by atoms with E-state index in [1.54, 1.807) is 24.3 Å². The molecule has 1 aromatic rings. The Morgan fingerprint density at radius 2 is 1.80 bits per heavy atom. The first-order valence-corrected chi connectivity index (χ1v) is 11.5. The lowest BCUT2D eigenvalue weighted by molar-refractivity contribution is 0.259. The minimum absolute atomic E-state index is 0.200. The van der Waals surface area contributed by atoms with Gasteiger partial charge in [-0.25, -0.2) is 9.34 Å². The largest absolute Gasteiger partial charge is 0.313 e. The normalized spacial score (nSPS) is 20.2. The smallest absolute Gasteiger partial charge is 0.285 e. The fourth-order valence-electron chi connectivity index (χ4n) is 2.60.